The topological polar surface area (TPSA) is 74.8 Å². The molecule has 1 aliphatic heterocycles. The van der Waals surface area contributed by atoms with Crippen LogP contribution in [-0.4, -0.2) is 71.7 Å². The molecule has 3 amide bonds. The van der Waals surface area contributed by atoms with Gasteiger partial charge in [0.1, 0.15) is 0 Å². The zero-order valence-corrected chi connectivity index (χ0v) is 25.6. The summed E-state index contributed by atoms with van der Waals surface area (Å²) in [5, 5.41) is -0.494. The van der Waals surface area contributed by atoms with E-state index in [-0.39, 0.29) is 51.2 Å². The van der Waals surface area contributed by atoms with E-state index >= 15 is 0 Å². The second-order valence-electron chi connectivity index (χ2n) is 8.35. The van der Waals surface area contributed by atoms with E-state index in [2.05, 4.69) is 63.7 Å². The lowest BCUT2D eigenvalue weighted by Gasteiger charge is -2.36. The molecule has 1 heterocycles. The number of aldehydes is 1. The van der Waals surface area contributed by atoms with Gasteiger partial charge in [-0.25, -0.2) is 0 Å². The molecule has 0 bridgehead atoms. The molecule has 0 fully saturated rings. The van der Waals surface area contributed by atoms with Crippen molar-refractivity contribution in [3.8, 4) is 0 Å². The molecule has 0 atom stereocenters. The number of alkyl halides is 6. The normalized spacial score (nSPS) is 14.4. The first-order valence-corrected chi connectivity index (χ1v) is 13.5. The summed E-state index contributed by atoms with van der Waals surface area (Å²) in [6.45, 7) is -0.931. The number of hydrogen-bond acceptors (Lipinski definition) is 4. The smallest absolute Gasteiger partial charge is 0.342 e. The predicted molar refractivity (Wildman–Crippen MR) is 139 cm³/mol. The van der Waals surface area contributed by atoms with Crippen LogP contribution in [0.15, 0.2) is 17.9 Å². The number of rotatable bonds is 7. The third kappa shape index (κ3) is 4.42. The maximum atomic E-state index is 14.6. The molecule has 38 heavy (non-hydrogen) atoms. The van der Waals surface area contributed by atoms with Crippen LogP contribution in [0.4, 0.5) is 26.3 Å². The van der Waals surface area contributed by atoms with Crippen molar-refractivity contribution < 1.29 is 45.5 Å². The Morgan fingerprint density at radius 2 is 1.37 bits per heavy atom. The molecular weight excluding hydrogens is 790 g/mol. The number of benzene rings is 2. The number of hydrogen-bond donors (Lipinski definition) is 0. The highest BCUT2D eigenvalue weighted by molar-refractivity contribution is 9.13. The van der Waals surface area contributed by atoms with Crippen molar-refractivity contribution >= 4 is 98.5 Å². The monoisotopic (exact) mass is 800 g/mol. The van der Waals surface area contributed by atoms with Crippen molar-refractivity contribution in [2.45, 2.75) is 31.6 Å². The third-order valence-corrected chi connectivity index (χ3v) is 10.3. The van der Waals surface area contributed by atoms with Crippen LogP contribution >= 0.6 is 63.7 Å². The predicted octanol–water partition coefficient (Wildman–Crippen LogP) is 7.32. The molecule has 0 spiro atoms. The second-order valence-corrected chi connectivity index (χ2v) is 11.5. The van der Waals surface area contributed by atoms with Crippen molar-refractivity contribution in [1.82, 2.24) is 9.80 Å². The Labute approximate surface area is 244 Å². The summed E-state index contributed by atoms with van der Waals surface area (Å²) in [6, 6.07) is 0. The SMILES string of the molecule is CCN(C)C(=O)c1c(Br)c(Br)c2c3c(c(Br)c(Br)c(C=O)c13)C(=O)N(CC(F)(F)C(F)(F)C(C)(F)F)C2=O. The van der Waals surface area contributed by atoms with E-state index < -0.39 is 60.1 Å². The standard InChI is InChI=1S/C22H14Br4F6N2O4/c1-4-33(3)17(36)10-8-7(5-35)13(23)14(24)11-9(8)12(16(26)15(10)25)19(38)34(18(11)37)6-21(29,30)22(31,32)20(2,27)28/h5H,4,6H2,1-3H3. The van der Waals surface area contributed by atoms with E-state index in [1.807, 2.05) is 0 Å². The Balaban J connectivity index is 2.45. The minimum atomic E-state index is -5.92. The van der Waals surface area contributed by atoms with Gasteiger partial charge < -0.3 is 4.90 Å². The highest BCUT2D eigenvalue weighted by Crippen LogP contribution is 2.50. The van der Waals surface area contributed by atoms with Gasteiger partial charge in [-0.15, -0.1) is 0 Å². The second kappa shape index (κ2) is 10.1. The molecule has 0 N–H and O–H groups in total. The molecule has 0 aromatic heterocycles. The largest absolute Gasteiger partial charge is 0.373 e. The maximum Gasteiger partial charge on any atom is 0.373 e. The van der Waals surface area contributed by atoms with Crippen molar-refractivity contribution in [2.24, 2.45) is 0 Å². The molecule has 1 aliphatic rings. The van der Waals surface area contributed by atoms with Gasteiger partial charge in [0, 0.05) is 54.7 Å². The zero-order valence-electron chi connectivity index (χ0n) is 19.3. The lowest BCUT2D eigenvalue weighted by atomic mass is 9.88. The minimum absolute atomic E-state index is 0.103. The van der Waals surface area contributed by atoms with E-state index in [4.69, 9.17) is 0 Å². The van der Waals surface area contributed by atoms with Crippen LogP contribution in [0.1, 0.15) is 55.3 Å². The average Bonchev–Trinajstić information content (AvgIpc) is 2.82. The molecule has 206 valence electrons. The summed E-state index contributed by atoms with van der Waals surface area (Å²) in [4.78, 5) is 53.1. The number of imide groups is 1. The molecule has 0 saturated carbocycles. The molecule has 2 aromatic rings. The molecule has 0 saturated heterocycles. The van der Waals surface area contributed by atoms with Gasteiger partial charge in [0.15, 0.2) is 6.29 Å². The summed E-state index contributed by atoms with van der Waals surface area (Å²) in [6.07, 6.45) is 0.334. The van der Waals surface area contributed by atoms with E-state index in [0.717, 1.165) is 0 Å². The number of halogens is 10. The van der Waals surface area contributed by atoms with Crippen LogP contribution in [0.3, 0.4) is 0 Å². The Morgan fingerprint density at radius 3 is 1.79 bits per heavy atom. The lowest BCUT2D eigenvalue weighted by Crippen LogP contribution is -2.59. The lowest BCUT2D eigenvalue weighted by molar-refractivity contribution is -0.303. The minimum Gasteiger partial charge on any atom is -0.342 e. The quantitative estimate of drug-likeness (QED) is 0.167. The van der Waals surface area contributed by atoms with Gasteiger partial charge >= 0.3 is 17.8 Å². The molecule has 6 nitrogen and oxygen atoms in total. The first kappa shape index (κ1) is 31.0. The van der Waals surface area contributed by atoms with Crippen LogP contribution in [0, 0.1) is 0 Å². The van der Waals surface area contributed by atoms with E-state index in [1.165, 1.54) is 11.9 Å². The fourth-order valence-corrected chi connectivity index (χ4v) is 6.03. The number of nitrogens with zero attached hydrogens (tertiary/aromatic N) is 2. The van der Waals surface area contributed by atoms with Crippen LogP contribution < -0.4 is 0 Å². The zero-order chi connectivity index (χ0) is 29.3. The van der Waals surface area contributed by atoms with Gasteiger partial charge in [0.2, 0.25) is 0 Å². The Bertz CT molecular complexity index is 1410. The maximum absolute atomic E-state index is 14.6. The van der Waals surface area contributed by atoms with E-state index in [9.17, 15) is 45.5 Å². The van der Waals surface area contributed by atoms with Crippen molar-refractivity contribution in [3.63, 3.8) is 0 Å². The molecule has 2 aromatic carbocycles. The number of carbonyl (C=O) groups is 4. The van der Waals surface area contributed by atoms with Gasteiger partial charge in [-0.1, -0.05) is 0 Å². The summed E-state index contributed by atoms with van der Waals surface area (Å²) in [5.74, 6) is -20.4. The molecule has 0 aliphatic carbocycles. The van der Waals surface area contributed by atoms with E-state index in [0.29, 0.717) is 6.29 Å². The van der Waals surface area contributed by atoms with Crippen LogP contribution in [0.25, 0.3) is 10.8 Å². The van der Waals surface area contributed by atoms with Crippen LogP contribution in [0.2, 0.25) is 0 Å². The van der Waals surface area contributed by atoms with Crippen LogP contribution in [0.5, 0.6) is 0 Å². The van der Waals surface area contributed by atoms with Gasteiger partial charge in [-0.05, 0) is 70.6 Å². The first-order chi connectivity index (χ1) is 17.3. The average molecular weight is 804 g/mol. The fourth-order valence-electron chi connectivity index (χ4n) is 3.83. The Morgan fingerprint density at radius 1 is 0.895 bits per heavy atom. The van der Waals surface area contributed by atoms with Gasteiger partial charge in [-0.2, -0.15) is 26.3 Å². The van der Waals surface area contributed by atoms with Crippen molar-refractivity contribution in [2.75, 3.05) is 20.1 Å². The fraction of sp³-hybridized carbons (Fsp3) is 0.364. The van der Waals surface area contributed by atoms with E-state index in [1.54, 1.807) is 6.92 Å². The van der Waals surface area contributed by atoms with Gasteiger partial charge in [-0.3, -0.25) is 24.1 Å². The first-order valence-electron chi connectivity index (χ1n) is 10.3. The molecule has 16 heteroatoms. The van der Waals surface area contributed by atoms with Crippen LogP contribution in [-0.2, 0) is 0 Å². The molecule has 0 radical (unpaired) electrons. The Kier molecular flexibility index (Phi) is 8.28. The highest BCUT2D eigenvalue weighted by Gasteiger charge is 2.70. The summed E-state index contributed by atoms with van der Waals surface area (Å²) < 4.78 is 83.3. The molecular formula is C22H14Br4F6N2O4. The summed E-state index contributed by atoms with van der Waals surface area (Å²) in [5.41, 5.74) is -1.41. The highest BCUT2D eigenvalue weighted by atomic mass is 79.9. The van der Waals surface area contributed by atoms with Gasteiger partial charge in [0.25, 0.3) is 17.7 Å². The van der Waals surface area contributed by atoms with Crippen molar-refractivity contribution in [3.05, 3.63) is 40.1 Å². The van der Waals surface area contributed by atoms with Gasteiger partial charge in [0.05, 0.1) is 23.2 Å². The summed E-state index contributed by atoms with van der Waals surface area (Å²) >= 11 is 12.4. The Hall–Kier alpha value is -1.52. The molecule has 3 rings (SSSR count). The number of carbonyl (C=O) groups excluding carboxylic acids is 4. The molecule has 0 unspecified atom stereocenters. The third-order valence-electron chi connectivity index (χ3n) is 5.99. The number of amides is 3. The summed E-state index contributed by atoms with van der Waals surface area (Å²) in [7, 11) is 1.44. The van der Waals surface area contributed by atoms with Crippen molar-refractivity contribution in [1.29, 1.82) is 0 Å².